The lowest BCUT2D eigenvalue weighted by molar-refractivity contribution is 0.0955. The minimum atomic E-state index is -0.291. The predicted octanol–water partition coefficient (Wildman–Crippen LogP) is 4.32. The van der Waals surface area contributed by atoms with Crippen molar-refractivity contribution < 1.29 is 23.7 Å². The molecule has 0 heterocycles. The summed E-state index contributed by atoms with van der Waals surface area (Å²) in [6, 6.07) is 21.8. The Bertz CT molecular complexity index is 1040. The molecule has 0 saturated carbocycles. The molecule has 0 bridgehead atoms. The monoisotopic (exact) mass is 434 g/mol. The van der Waals surface area contributed by atoms with Gasteiger partial charge in [0.15, 0.2) is 23.0 Å². The van der Waals surface area contributed by atoms with Crippen LogP contribution in [0.4, 0.5) is 0 Å². The molecule has 166 valence electrons. The van der Waals surface area contributed by atoms with E-state index in [0.717, 1.165) is 0 Å². The van der Waals surface area contributed by atoms with E-state index in [-0.39, 0.29) is 5.91 Å². The van der Waals surface area contributed by atoms with Gasteiger partial charge in [0.1, 0.15) is 0 Å². The lowest BCUT2D eigenvalue weighted by Gasteiger charge is -2.14. The van der Waals surface area contributed by atoms with Crippen LogP contribution in [0.5, 0.6) is 23.0 Å². The van der Waals surface area contributed by atoms with E-state index in [1.165, 1.54) is 6.21 Å². The Morgan fingerprint density at radius 2 is 1.47 bits per heavy atom. The highest BCUT2D eigenvalue weighted by Crippen LogP contribution is 2.30. The van der Waals surface area contributed by atoms with Crippen molar-refractivity contribution in [1.29, 1.82) is 0 Å². The predicted molar refractivity (Wildman–Crippen MR) is 123 cm³/mol. The number of nitrogens with zero attached hydrogens (tertiary/aromatic N) is 1. The van der Waals surface area contributed by atoms with Crippen LogP contribution in [0, 0.1) is 0 Å². The third-order valence-electron chi connectivity index (χ3n) is 4.50. The van der Waals surface area contributed by atoms with Gasteiger partial charge in [0.2, 0.25) is 0 Å². The van der Waals surface area contributed by atoms with Crippen molar-refractivity contribution in [3.8, 4) is 23.0 Å². The van der Waals surface area contributed by atoms with Gasteiger partial charge in [-0.25, -0.2) is 5.43 Å². The number of hydrogen-bond acceptors (Lipinski definition) is 6. The standard InChI is InChI=1S/C25H26N2O5/c1-29-21-13-6-7-14-22(21)31-16-9-17-32-24-20(12-8-15-23(24)30-2)18-26-27-25(28)19-10-4-3-5-11-19/h3-8,10-15,18H,9,16-17H2,1-2H3,(H,27,28)/b26-18+. The molecule has 0 aliphatic heterocycles. The summed E-state index contributed by atoms with van der Waals surface area (Å²) in [7, 11) is 3.18. The van der Waals surface area contributed by atoms with Crippen molar-refractivity contribution in [2.24, 2.45) is 5.10 Å². The maximum atomic E-state index is 12.1. The minimum absolute atomic E-state index is 0.291. The second-order valence-electron chi connectivity index (χ2n) is 6.65. The molecule has 0 unspecified atom stereocenters. The number of rotatable bonds is 11. The summed E-state index contributed by atoms with van der Waals surface area (Å²) in [5.41, 5.74) is 3.73. The molecular weight excluding hydrogens is 408 g/mol. The Hall–Kier alpha value is -4.00. The van der Waals surface area contributed by atoms with Crippen LogP contribution >= 0.6 is 0 Å². The molecule has 3 rings (SSSR count). The number of hydrazone groups is 1. The van der Waals surface area contributed by atoms with Gasteiger partial charge < -0.3 is 18.9 Å². The number of carbonyl (C=O) groups excluding carboxylic acids is 1. The van der Waals surface area contributed by atoms with Crippen molar-refractivity contribution in [2.75, 3.05) is 27.4 Å². The average Bonchev–Trinajstić information content (AvgIpc) is 2.85. The zero-order valence-electron chi connectivity index (χ0n) is 18.1. The number of amides is 1. The van der Waals surface area contributed by atoms with Crippen LogP contribution in [0.25, 0.3) is 0 Å². The van der Waals surface area contributed by atoms with Crippen LogP contribution in [0.1, 0.15) is 22.3 Å². The van der Waals surface area contributed by atoms with Gasteiger partial charge >= 0.3 is 0 Å². The summed E-state index contributed by atoms with van der Waals surface area (Å²) >= 11 is 0. The molecule has 1 amide bonds. The number of carbonyl (C=O) groups is 1. The fourth-order valence-corrected chi connectivity index (χ4v) is 2.92. The van der Waals surface area contributed by atoms with Crippen LogP contribution in [0.15, 0.2) is 77.9 Å². The molecule has 7 nitrogen and oxygen atoms in total. The fourth-order valence-electron chi connectivity index (χ4n) is 2.92. The summed E-state index contributed by atoms with van der Waals surface area (Å²) in [6.45, 7) is 0.874. The van der Waals surface area contributed by atoms with Crippen LogP contribution in [-0.2, 0) is 0 Å². The molecule has 3 aromatic carbocycles. The molecule has 32 heavy (non-hydrogen) atoms. The van der Waals surface area contributed by atoms with Crippen molar-refractivity contribution in [1.82, 2.24) is 5.43 Å². The molecule has 0 spiro atoms. The van der Waals surface area contributed by atoms with E-state index >= 15 is 0 Å². The Morgan fingerprint density at radius 1 is 0.812 bits per heavy atom. The third kappa shape index (κ3) is 6.25. The molecule has 0 aromatic heterocycles. The number of para-hydroxylation sites is 3. The molecule has 0 saturated heterocycles. The maximum Gasteiger partial charge on any atom is 0.271 e. The van der Waals surface area contributed by atoms with Gasteiger partial charge in [0.25, 0.3) is 5.91 Å². The van der Waals surface area contributed by atoms with E-state index in [9.17, 15) is 4.79 Å². The first kappa shape index (κ1) is 22.7. The van der Waals surface area contributed by atoms with E-state index in [0.29, 0.717) is 53.8 Å². The first-order valence-electron chi connectivity index (χ1n) is 10.2. The van der Waals surface area contributed by atoms with Crippen LogP contribution in [-0.4, -0.2) is 39.6 Å². The largest absolute Gasteiger partial charge is 0.493 e. The topological polar surface area (TPSA) is 78.4 Å². The second kappa shape index (κ2) is 12.0. The van der Waals surface area contributed by atoms with E-state index in [1.54, 1.807) is 44.6 Å². The summed E-state index contributed by atoms with van der Waals surface area (Å²) < 4.78 is 22.4. The van der Waals surface area contributed by atoms with Crippen molar-refractivity contribution in [2.45, 2.75) is 6.42 Å². The molecule has 1 N–H and O–H groups in total. The molecule has 0 radical (unpaired) electrons. The minimum Gasteiger partial charge on any atom is -0.493 e. The van der Waals surface area contributed by atoms with Crippen LogP contribution in [0.3, 0.4) is 0 Å². The van der Waals surface area contributed by atoms with Crippen molar-refractivity contribution in [3.63, 3.8) is 0 Å². The molecule has 0 fully saturated rings. The highest BCUT2D eigenvalue weighted by molar-refractivity contribution is 5.95. The number of benzene rings is 3. The molecule has 0 atom stereocenters. The van der Waals surface area contributed by atoms with E-state index in [2.05, 4.69) is 10.5 Å². The number of ether oxygens (including phenoxy) is 4. The maximum absolute atomic E-state index is 12.1. The molecule has 0 aliphatic carbocycles. The number of nitrogens with one attached hydrogen (secondary N) is 1. The summed E-state index contributed by atoms with van der Waals surface area (Å²) in [6.07, 6.45) is 2.18. The first-order chi connectivity index (χ1) is 15.7. The first-order valence-corrected chi connectivity index (χ1v) is 10.2. The highest BCUT2D eigenvalue weighted by Gasteiger charge is 2.10. The van der Waals surface area contributed by atoms with Gasteiger partial charge in [-0.3, -0.25) is 4.79 Å². The lowest BCUT2D eigenvalue weighted by atomic mass is 10.2. The van der Waals surface area contributed by atoms with Gasteiger partial charge in [-0.15, -0.1) is 0 Å². The molecular formula is C25H26N2O5. The van der Waals surface area contributed by atoms with Gasteiger partial charge in [-0.2, -0.15) is 5.10 Å². The van der Waals surface area contributed by atoms with Crippen molar-refractivity contribution in [3.05, 3.63) is 83.9 Å². The summed E-state index contributed by atoms with van der Waals surface area (Å²) in [5.74, 6) is 2.21. The number of methoxy groups -OCH3 is 2. The fraction of sp³-hybridized carbons (Fsp3) is 0.200. The van der Waals surface area contributed by atoms with Gasteiger partial charge in [-0.1, -0.05) is 36.4 Å². The SMILES string of the molecule is COc1ccccc1OCCCOc1c(/C=N/NC(=O)c2ccccc2)cccc1OC. The van der Waals surface area contributed by atoms with Gasteiger partial charge in [-0.05, 0) is 36.4 Å². The van der Waals surface area contributed by atoms with Gasteiger partial charge in [0, 0.05) is 17.5 Å². The normalized spacial score (nSPS) is 10.6. The average molecular weight is 434 g/mol. The quantitative estimate of drug-likeness (QED) is 0.276. The number of hydrogen-bond donors (Lipinski definition) is 1. The summed E-state index contributed by atoms with van der Waals surface area (Å²) in [4.78, 5) is 12.1. The van der Waals surface area contributed by atoms with Crippen LogP contribution < -0.4 is 24.4 Å². The second-order valence-corrected chi connectivity index (χ2v) is 6.65. The molecule has 3 aromatic rings. The van der Waals surface area contributed by atoms with E-state index < -0.39 is 0 Å². The van der Waals surface area contributed by atoms with Gasteiger partial charge in [0.05, 0.1) is 33.6 Å². The lowest BCUT2D eigenvalue weighted by Crippen LogP contribution is -2.17. The summed E-state index contributed by atoms with van der Waals surface area (Å²) in [5, 5.41) is 4.06. The zero-order valence-corrected chi connectivity index (χ0v) is 18.1. The van der Waals surface area contributed by atoms with Crippen molar-refractivity contribution >= 4 is 12.1 Å². The molecule has 7 heteroatoms. The third-order valence-corrected chi connectivity index (χ3v) is 4.50. The highest BCUT2D eigenvalue weighted by atomic mass is 16.5. The molecule has 0 aliphatic rings. The van der Waals surface area contributed by atoms with E-state index in [4.69, 9.17) is 18.9 Å². The Morgan fingerprint density at radius 3 is 2.22 bits per heavy atom. The Labute approximate surface area is 187 Å². The smallest absolute Gasteiger partial charge is 0.271 e. The Kier molecular flexibility index (Phi) is 8.50. The zero-order chi connectivity index (χ0) is 22.6. The Balaban J connectivity index is 1.56. The van der Waals surface area contributed by atoms with Crippen LogP contribution in [0.2, 0.25) is 0 Å². The van der Waals surface area contributed by atoms with E-state index in [1.807, 2.05) is 42.5 Å².